The summed E-state index contributed by atoms with van der Waals surface area (Å²) >= 11 is 0. The average molecular weight is 336 g/mol. The lowest BCUT2D eigenvalue weighted by Gasteiger charge is -2.18. The van der Waals surface area contributed by atoms with Gasteiger partial charge >= 0.3 is 0 Å². The third-order valence-electron chi connectivity index (χ3n) is 4.27. The first-order valence-electron chi connectivity index (χ1n) is 7.62. The van der Waals surface area contributed by atoms with Crippen LogP contribution in [0.2, 0.25) is 0 Å². The van der Waals surface area contributed by atoms with Gasteiger partial charge in [-0.2, -0.15) is 0 Å². The van der Waals surface area contributed by atoms with Crippen LogP contribution in [-0.2, 0) is 9.53 Å². The fourth-order valence-corrected chi connectivity index (χ4v) is 3.09. The number of carbonyl (C=O) groups is 2. The van der Waals surface area contributed by atoms with Gasteiger partial charge in [0, 0.05) is 28.9 Å². The molecular weight excluding hydrogens is 324 g/mol. The lowest BCUT2D eigenvalue weighted by Crippen LogP contribution is -2.32. The molecule has 2 aliphatic rings. The van der Waals surface area contributed by atoms with E-state index in [1.165, 1.54) is 12.1 Å². The highest BCUT2D eigenvalue weighted by atomic mass is 16.6. The molecule has 124 valence electrons. The van der Waals surface area contributed by atoms with Crippen LogP contribution in [0.1, 0.15) is 15.9 Å². The van der Waals surface area contributed by atoms with Crippen molar-refractivity contribution in [3.63, 3.8) is 0 Å². The molecule has 1 aliphatic carbocycles. The van der Waals surface area contributed by atoms with Gasteiger partial charge < -0.3 is 10.1 Å². The summed E-state index contributed by atoms with van der Waals surface area (Å²) in [5, 5.41) is 13.8. The van der Waals surface area contributed by atoms with Crippen LogP contribution in [0.25, 0.3) is 5.76 Å². The summed E-state index contributed by atoms with van der Waals surface area (Å²) in [6.45, 7) is 0.203. The normalized spacial score (nSPS) is 18.5. The summed E-state index contributed by atoms with van der Waals surface area (Å²) in [6.07, 6.45) is 0. The minimum absolute atomic E-state index is 0.0222. The van der Waals surface area contributed by atoms with Crippen molar-refractivity contribution in [3.8, 4) is 0 Å². The molecule has 0 spiro atoms. The maximum atomic E-state index is 12.5. The number of rotatable bonds is 3. The molecule has 1 unspecified atom stereocenters. The van der Waals surface area contributed by atoms with E-state index in [2.05, 4.69) is 5.32 Å². The summed E-state index contributed by atoms with van der Waals surface area (Å²) in [7, 11) is 0. The molecule has 0 amide bonds. The Labute approximate surface area is 142 Å². The van der Waals surface area contributed by atoms with Gasteiger partial charge in [-0.15, -0.1) is 0 Å². The highest BCUT2D eigenvalue weighted by Gasteiger charge is 2.41. The van der Waals surface area contributed by atoms with E-state index in [-0.39, 0.29) is 12.3 Å². The van der Waals surface area contributed by atoms with E-state index >= 15 is 0 Å². The Balaban J connectivity index is 1.67. The molecule has 7 heteroatoms. The van der Waals surface area contributed by atoms with Gasteiger partial charge in [0.05, 0.1) is 16.5 Å². The van der Waals surface area contributed by atoms with E-state index < -0.39 is 22.5 Å². The molecule has 0 saturated carbocycles. The lowest BCUT2D eigenvalue weighted by molar-refractivity contribution is -0.384. The molecule has 1 heterocycles. The summed E-state index contributed by atoms with van der Waals surface area (Å²) in [5.41, 5.74) is 1.86. The molecule has 4 rings (SSSR count). The Morgan fingerprint density at radius 1 is 1.00 bits per heavy atom. The number of carbonyl (C=O) groups excluding carboxylic acids is 2. The Hall–Kier alpha value is -3.48. The Morgan fingerprint density at radius 2 is 1.68 bits per heavy atom. The second-order valence-corrected chi connectivity index (χ2v) is 5.76. The zero-order valence-electron chi connectivity index (χ0n) is 12.9. The van der Waals surface area contributed by atoms with Gasteiger partial charge in [-0.25, -0.2) is 0 Å². The smallest absolute Gasteiger partial charge is 0.269 e. The van der Waals surface area contributed by atoms with Gasteiger partial charge in [0.1, 0.15) is 12.4 Å². The number of nitrogens with zero attached hydrogens (tertiary/aromatic N) is 1. The van der Waals surface area contributed by atoms with E-state index in [9.17, 15) is 19.7 Å². The minimum atomic E-state index is -0.578. The second-order valence-electron chi connectivity index (χ2n) is 5.76. The van der Waals surface area contributed by atoms with Crippen molar-refractivity contribution in [2.24, 2.45) is 0 Å². The van der Waals surface area contributed by atoms with Crippen molar-refractivity contribution in [2.75, 3.05) is 11.9 Å². The standard InChI is InChI=1S/C18H12N2O5/c21-16-12-3-1-2-4-13(12)18-15(17(16)22)14(9-25-18)19-10-5-7-11(8-6-10)20(23)24/h1-8,14,19H,9H2. The summed E-state index contributed by atoms with van der Waals surface area (Å²) in [5.74, 6) is -0.694. The Morgan fingerprint density at radius 3 is 2.36 bits per heavy atom. The number of ether oxygens (including phenoxy) is 1. The Kier molecular flexibility index (Phi) is 3.35. The van der Waals surface area contributed by atoms with Gasteiger partial charge in [-0.3, -0.25) is 19.7 Å². The number of hydrogen-bond acceptors (Lipinski definition) is 6. The number of fused-ring (bicyclic) bond motifs is 2. The predicted molar refractivity (Wildman–Crippen MR) is 89.2 cm³/mol. The summed E-state index contributed by atoms with van der Waals surface area (Å²) in [6, 6.07) is 12.2. The number of ketones is 2. The van der Waals surface area contributed by atoms with Gasteiger partial charge in [0.25, 0.3) is 5.69 Å². The zero-order chi connectivity index (χ0) is 17.6. The molecule has 1 aliphatic heterocycles. The van der Waals surface area contributed by atoms with Crippen molar-refractivity contribution in [1.29, 1.82) is 0 Å². The topological polar surface area (TPSA) is 98.5 Å². The van der Waals surface area contributed by atoms with Crippen molar-refractivity contribution in [1.82, 2.24) is 0 Å². The van der Waals surface area contributed by atoms with Crippen LogP contribution in [0.15, 0.2) is 54.1 Å². The van der Waals surface area contributed by atoms with E-state index in [1.807, 2.05) is 0 Å². The quantitative estimate of drug-likeness (QED) is 0.525. The van der Waals surface area contributed by atoms with Crippen LogP contribution in [-0.4, -0.2) is 29.1 Å². The number of non-ortho nitro benzene ring substituents is 1. The molecule has 0 aromatic heterocycles. The molecule has 1 N–H and O–H groups in total. The maximum absolute atomic E-state index is 12.5. The molecule has 1 atom stereocenters. The van der Waals surface area contributed by atoms with Crippen LogP contribution in [0.3, 0.4) is 0 Å². The first kappa shape index (κ1) is 15.1. The first-order chi connectivity index (χ1) is 12.1. The molecule has 0 radical (unpaired) electrons. The van der Waals surface area contributed by atoms with E-state index in [4.69, 9.17) is 4.74 Å². The van der Waals surface area contributed by atoms with Crippen LogP contribution in [0.4, 0.5) is 11.4 Å². The molecule has 0 fully saturated rings. The monoisotopic (exact) mass is 336 g/mol. The fraction of sp³-hybridized carbons (Fsp3) is 0.111. The summed E-state index contributed by atoms with van der Waals surface area (Å²) < 4.78 is 5.68. The van der Waals surface area contributed by atoms with Crippen molar-refractivity contribution in [3.05, 3.63) is 75.3 Å². The van der Waals surface area contributed by atoms with Crippen LogP contribution in [0, 0.1) is 10.1 Å². The number of nitro benzene ring substituents is 1. The highest BCUT2D eigenvalue weighted by Crippen LogP contribution is 2.37. The predicted octanol–water partition coefficient (Wildman–Crippen LogP) is 2.58. The first-order valence-corrected chi connectivity index (χ1v) is 7.62. The van der Waals surface area contributed by atoms with Gasteiger partial charge in [-0.1, -0.05) is 24.3 Å². The van der Waals surface area contributed by atoms with Crippen LogP contribution in [0.5, 0.6) is 0 Å². The molecule has 0 saturated heterocycles. The van der Waals surface area contributed by atoms with Crippen molar-refractivity contribution >= 4 is 28.7 Å². The highest BCUT2D eigenvalue weighted by molar-refractivity contribution is 6.52. The second kappa shape index (κ2) is 5.55. The largest absolute Gasteiger partial charge is 0.490 e. The average Bonchev–Trinajstić information content (AvgIpc) is 3.04. The molecular formula is C18H12N2O5. The van der Waals surface area contributed by atoms with E-state index in [0.717, 1.165) is 0 Å². The van der Waals surface area contributed by atoms with E-state index in [1.54, 1.807) is 36.4 Å². The van der Waals surface area contributed by atoms with Crippen LogP contribution < -0.4 is 5.32 Å². The maximum Gasteiger partial charge on any atom is 0.269 e. The minimum Gasteiger partial charge on any atom is -0.490 e. The summed E-state index contributed by atoms with van der Waals surface area (Å²) in [4.78, 5) is 35.1. The number of nitro groups is 1. The third kappa shape index (κ3) is 2.37. The van der Waals surface area contributed by atoms with E-state index in [0.29, 0.717) is 28.1 Å². The van der Waals surface area contributed by atoms with Gasteiger partial charge in [-0.05, 0) is 12.1 Å². The van der Waals surface area contributed by atoms with Crippen molar-refractivity contribution in [2.45, 2.75) is 6.04 Å². The molecule has 2 aromatic carbocycles. The fourth-order valence-electron chi connectivity index (χ4n) is 3.09. The number of Topliss-reactive ketones (excluding diaryl/α,β-unsaturated/α-hetero) is 2. The number of anilines is 1. The van der Waals surface area contributed by atoms with Crippen LogP contribution >= 0.6 is 0 Å². The number of nitrogens with one attached hydrogen (secondary N) is 1. The molecule has 25 heavy (non-hydrogen) atoms. The van der Waals surface area contributed by atoms with Gasteiger partial charge in [0.15, 0.2) is 0 Å². The number of hydrogen-bond donors (Lipinski definition) is 1. The molecule has 0 bridgehead atoms. The third-order valence-corrected chi connectivity index (χ3v) is 4.27. The molecule has 2 aromatic rings. The lowest BCUT2D eigenvalue weighted by atomic mass is 9.86. The molecule has 7 nitrogen and oxygen atoms in total. The zero-order valence-corrected chi connectivity index (χ0v) is 12.9. The SMILES string of the molecule is O=C1C(=O)c2ccccc2C2=C1C(Nc1ccc([N+](=O)[O-])cc1)CO2. The van der Waals surface area contributed by atoms with Crippen molar-refractivity contribution < 1.29 is 19.2 Å². The van der Waals surface area contributed by atoms with Gasteiger partial charge in [0.2, 0.25) is 11.6 Å². The number of benzene rings is 2. The Bertz CT molecular complexity index is 946.